The number of hydrazone groups is 1. The molecule has 0 N–H and O–H groups in total. The van der Waals surface area contributed by atoms with E-state index < -0.39 is 0 Å². The van der Waals surface area contributed by atoms with Crippen molar-refractivity contribution in [2.24, 2.45) is 5.10 Å². The van der Waals surface area contributed by atoms with Gasteiger partial charge >= 0.3 is 0 Å². The number of para-hydroxylation sites is 1. The fourth-order valence-corrected chi connectivity index (χ4v) is 6.30. The molecule has 1 spiro atoms. The van der Waals surface area contributed by atoms with Crippen molar-refractivity contribution in [2.75, 3.05) is 13.1 Å². The summed E-state index contributed by atoms with van der Waals surface area (Å²) in [7, 11) is 0. The molecule has 3 heterocycles. The molecule has 3 aliphatic rings. The van der Waals surface area contributed by atoms with Gasteiger partial charge in [0.25, 0.3) is 0 Å². The van der Waals surface area contributed by atoms with Crippen molar-refractivity contribution < 1.29 is 4.74 Å². The Balaban J connectivity index is 1.28. The summed E-state index contributed by atoms with van der Waals surface area (Å²) in [6, 6.07) is 28.8. The lowest BCUT2D eigenvalue weighted by Crippen LogP contribution is -2.59. The maximum absolute atomic E-state index is 6.76. The summed E-state index contributed by atoms with van der Waals surface area (Å²) in [5.41, 5.74) is 3.27. The molecule has 1 saturated heterocycles. The lowest BCUT2D eigenvalue weighted by atomic mass is 9.90. The van der Waals surface area contributed by atoms with Crippen LogP contribution in [0.2, 0.25) is 0 Å². The molecular weight excluding hydrogens is 438 g/mol. The summed E-state index contributed by atoms with van der Waals surface area (Å²) >= 11 is 1.79. The zero-order chi connectivity index (χ0) is 23.1. The second kappa shape index (κ2) is 8.79. The standard InChI is InChI=1S/C29H31N3OS/c1-21(2)31-18-16-29(17-19-31)32-27(25-10-6-7-11-28(25)33-29)20-26(30-32)22-12-14-24(15-13-22)34-23-8-4-3-5-9-23/h3-15,21,27H,16-20H2,1-2H3/t27-/m1/s1. The van der Waals surface area contributed by atoms with Crippen LogP contribution in [0.25, 0.3) is 0 Å². The average molecular weight is 470 g/mol. The number of hydrogen-bond acceptors (Lipinski definition) is 5. The molecule has 0 unspecified atom stereocenters. The van der Waals surface area contributed by atoms with Crippen LogP contribution in [0.15, 0.2) is 93.8 Å². The molecule has 0 bridgehead atoms. The number of fused-ring (bicyclic) bond motifs is 4. The Morgan fingerprint density at radius 2 is 1.56 bits per heavy atom. The van der Waals surface area contributed by atoms with E-state index in [1.165, 1.54) is 20.9 Å². The molecule has 174 valence electrons. The summed E-state index contributed by atoms with van der Waals surface area (Å²) in [6.07, 6.45) is 2.86. The second-order valence-corrected chi connectivity index (χ2v) is 10.9. The SMILES string of the molecule is CC(C)N1CCC2(CC1)Oc1ccccc1[C@H]1CC(c3ccc(Sc4ccccc4)cc3)=NN12. The summed E-state index contributed by atoms with van der Waals surface area (Å²) in [5, 5.41) is 7.55. The average Bonchev–Trinajstić information content (AvgIpc) is 3.33. The number of benzene rings is 3. The minimum absolute atomic E-state index is 0.240. The van der Waals surface area contributed by atoms with Crippen LogP contribution in [0, 0.1) is 0 Å². The van der Waals surface area contributed by atoms with E-state index in [-0.39, 0.29) is 11.8 Å². The number of rotatable bonds is 4. The van der Waals surface area contributed by atoms with Gasteiger partial charge in [-0.3, -0.25) is 0 Å². The maximum Gasteiger partial charge on any atom is 0.200 e. The molecule has 6 rings (SSSR count). The monoisotopic (exact) mass is 469 g/mol. The highest BCUT2D eigenvalue weighted by Crippen LogP contribution is 2.50. The van der Waals surface area contributed by atoms with E-state index in [0.717, 1.165) is 43.8 Å². The van der Waals surface area contributed by atoms with Gasteiger partial charge in [-0.05, 0) is 49.7 Å². The van der Waals surface area contributed by atoms with Crippen molar-refractivity contribution in [1.82, 2.24) is 9.91 Å². The Hall–Kier alpha value is -2.76. The molecule has 0 saturated carbocycles. The highest BCUT2D eigenvalue weighted by Gasteiger charge is 2.51. The zero-order valence-corrected chi connectivity index (χ0v) is 20.7. The van der Waals surface area contributed by atoms with Gasteiger partial charge in [0, 0.05) is 53.7 Å². The predicted octanol–water partition coefficient (Wildman–Crippen LogP) is 6.58. The molecule has 0 aliphatic carbocycles. The van der Waals surface area contributed by atoms with Gasteiger partial charge in [0.05, 0.1) is 11.8 Å². The third-order valence-electron chi connectivity index (χ3n) is 7.38. The van der Waals surface area contributed by atoms with Crippen LogP contribution >= 0.6 is 11.8 Å². The molecule has 3 aromatic rings. The van der Waals surface area contributed by atoms with Gasteiger partial charge in [-0.25, -0.2) is 5.01 Å². The van der Waals surface area contributed by atoms with Crippen molar-refractivity contribution in [2.45, 2.75) is 60.7 Å². The number of nitrogens with zero attached hydrogens (tertiary/aromatic N) is 3. The summed E-state index contributed by atoms with van der Waals surface area (Å²) in [4.78, 5) is 5.06. The van der Waals surface area contributed by atoms with Crippen LogP contribution in [-0.4, -0.2) is 40.5 Å². The first-order chi connectivity index (χ1) is 16.6. The third-order valence-corrected chi connectivity index (χ3v) is 8.40. The Labute approximate surface area is 206 Å². The second-order valence-electron chi connectivity index (χ2n) is 9.77. The van der Waals surface area contributed by atoms with E-state index in [4.69, 9.17) is 9.84 Å². The molecule has 1 fully saturated rings. The first-order valence-corrected chi connectivity index (χ1v) is 13.2. The Kier molecular flexibility index (Phi) is 5.62. The Morgan fingerprint density at radius 3 is 2.29 bits per heavy atom. The zero-order valence-electron chi connectivity index (χ0n) is 19.9. The largest absolute Gasteiger partial charge is 0.466 e. The molecule has 1 atom stereocenters. The molecule has 0 aromatic heterocycles. The predicted molar refractivity (Wildman–Crippen MR) is 138 cm³/mol. The van der Waals surface area contributed by atoms with Crippen molar-refractivity contribution in [1.29, 1.82) is 0 Å². The lowest BCUT2D eigenvalue weighted by molar-refractivity contribution is -0.152. The number of likely N-dealkylation sites (tertiary alicyclic amines) is 1. The van der Waals surface area contributed by atoms with Gasteiger partial charge in [0.1, 0.15) is 5.75 Å². The van der Waals surface area contributed by atoms with Gasteiger partial charge < -0.3 is 9.64 Å². The van der Waals surface area contributed by atoms with Crippen LogP contribution in [0.4, 0.5) is 0 Å². The third kappa shape index (κ3) is 3.91. The van der Waals surface area contributed by atoms with E-state index in [0.29, 0.717) is 6.04 Å². The van der Waals surface area contributed by atoms with E-state index in [1.807, 2.05) is 0 Å². The first kappa shape index (κ1) is 21.8. The van der Waals surface area contributed by atoms with Crippen LogP contribution in [0.1, 0.15) is 50.3 Å². The van der Waals surface area contributed by atoms with Gasteiger partial charge in [-0.1, -0.05) is 60.3 Å². The normalized spacial score (nSPS) is 21.2. The fourth-order valence-electron chi connectivity index (χ4n) is 5.46. The fraction of sp³-hybridized carbons (Fsp3) is 0.345. The van der Waals surface area contributed by atoms with E-state index in [1.54, 1.807) is 11.8 Å². The highest BCUT2D eigenvalue weighted by atomic mass is 32.2. The van der Waals surface area contributed by atoms with Gasteiger partial charge in [0.2, 0.25) is 5.72 Å². The minimum atomic E-state index is -0.352. The molecule has 34 heavy (non-hydrogen) atoms. The van der Waals surface area contributed by atoms with Crippen molar-refractivity contribution in [3.63, 3.8) is 0 Å². The van der Waals surface area contributed by atoms with Gasteiger partial charge in [-0.2, -0.15) is 5.10 Å². The van der Waals surface area contributed by atoms with E-state index in [9.17, 15) is 0 Å². The highest BCUT2D eigenvalue weighted by molar-refractivity contribution is 7.99. The maximum atomic E-state index is 6.76. The molecule has 3 aromatic carbocycles. The molecule has 5 heteroatoms. The lowest BCUT2D eigenvalue weighted by Gasteiger charge is -2.51. The van der Waals surface area contributed by atoms with Gasteiger partial charge in [0.15, 0.2) is 0 Å². The molecule has 4 nitrogen and oxygen atoms in total. The molecular formula is C29H31N3OS. The number of hydrogen-bond donors (Lipinski definition) is 0. The summed E-state index contributed by atoms with van der Waals surface area (Å²) in [5.74, 6) is 1.04. The van der Waals surface area contributed by atoms with Crippen LogP contribution in [0.5, 0.6) is 5.75 Å². The number of ether oxygens (including phenoxy) is 1. The van der Waals surface area contributed by atoms with E-state index in [2.05, 4.69) is 103 Å². The molecule has 0 radical (unpaired) electrons. The van der Waals surface area contributed by atoms with Crippen molar-refractivity contribution in [3.05, 3.63) is 90.0 Å². The summed E-state index contributed by atoms with van der Waals surface area (Å²) < 4.78 is 6.76. The van der Waals surface area contributed by atoms with Crippen LogP contribution in [0.3, 0.4) is 0 Å². The Morgan fingerprint density at radius 1 is 0.882 bits per heavy atom. The van der Waals surface area contributed by atoms with Crippen molar-refractivity contribution >= 4 is 17.5 Å². The Bertz CT molecular complexity index is 1180. The van der Waals surface area contributed by atoms with Gasteiger partial charge in [-0.15, -0.1) is 0 Å². The summed E-state index contributed by atoms with van der Waals surface area (Å²) in [6.45, 7) is 6.64. The van der Waals surface area contributed by atoms with Crippen molar-refractivity contribution in [3.8, 4) is 5.75 Å². The quantitative estimate of drug-likeness (QED) is 0.431. The first-order valence-electron chi connectivity index (χ1n) is 12.3. The van der Waals surface area contributed by atoms with Crippen LogP contribution < -0.4 is 4.74 Å². The molecule has 3 aliphatic heterocycles. The van der Waals surface area contributed by atoms with E-state index >= 15 is 0 Å². The number of piperidine rings is 1. The van der Waals surface area contributed by atoms with Crippen LogP contribution in [-0.2, 0) is 0 Å². The minimum Gasteiger partial charge on any atom is -0.466 e. The topological polar surface area (TPSA) is 28.1 Å². The molecule has 0 amide bonds. The smallest absolute Gasteiger partial charge is 0.200 e.